The van der Waals surface area contributed by atoms with E-state index in [-0.39, 0.29) is 11.7 Å². The molecule has 33 heavy (non-hydrogen) atoms. The van der Waals surface area contributed by atoms with E-state index in [1.54, 1.807) is 12.3 Å². The van der Waals surface area contributed by atoms with Gasteiger partial charge in [-0.2, -0.15) is 0 Å². The SMILES string of the molecule is CN1CCc2c(C3=CCN(C4CC(C(=O)O)C4)CC3)[nH]c3nccc(c23)-c2cc(F)ccc21. The molecule has 3 aromatic rings. The molecule has 6 nitrogen and oxygen atoms in total. The molecule has 1 aliphatic carbocycles. The minimum absolute atomic E-state index is 0.180. The summed E-state index contributed by atoms with van der Waals surface area (Å²) >= 11 is 0. The van der Waals surface area contributed by atoms with Crippen molar-refractivity contribution >= 4 is 28.3 Å². The molecular weight excluding hydrogens is 419 g/mol. The van der Waals surface area contributed by atoms with Crippen LogP contribution in [0.5, 0.6) is 0 Å². The third-order valence-electron chi connectivity index (χ3n) is 7.70. The summed E-state index contributed by atoms with van der Waals surface area (Å²) in [6, 6.07) is 7.39. The summed E-state index contributed by atoms with van der Waals surface area (Å²) in [5.41, 5.74) is 7.50. The summed E-state index contributed by atoms with van der Waals surface area (Å²) in [7, 11) is 2.06. The van der Waals surface area contributed by atoms with Gasteiger partial charge in [-0.15, -0.1) is 0 Å². The van der Waals surface area contributed by atoms with Crippen LogP contribution >= 0.6 is 0 Å². The number of nitrogens with zero attached hydrogens (tertiary/aromatic N) is 3. The largest absolute Gasteiger partial charge is 0.481 e. The highest BCUT2D eigenvalue weighted by atomic mass is 19.1. The molecule has 0 amide bonds. The fourth-order valence-electron chi connectivity index (χ4n) is 5.72. The van der Waals surface area contributed by atoms with Crippen LogP contribution in [-0.4, -0.2) is 58.7 Å². The van der Waals surface area contributed by atoms with Crippen molar-refractivity contribution in [3.8, 4) is 11.1 Å². The molecule has 4 heterocycles. The van der Waals surface area contributed by atoms with E-state index >= 15 is 0 Å². The van der Waals surface area contributed by atoms with Crippen LogP contribution in [0.2, 0.25) is 0 Å². The Morgan fingerprint density at radius 1 is 1.18 bits per heavy atom. The number of benzene rings is 1. The second-order valence-corrected chi connectivity index (χ2v) is 9.53. The van der Waals surface area contributed by atoms with Gasteiger partial charge in [-0.3, -0.25) is 9.69 Å². The van der Waals surface area contributed by atoms with Gasteiger partial charge in [0.05, 0.1) is 5.92 Å². The first kappa shape index (κ1) is 20.4. The van der Waals surface area contributed by atoms with Crippen LogP contribution in [0.3, 0.4) is 0 Å². The monoisotopic (exact) mass is 446 g/mol. The van der Waals surface area contributed by atoms with E-state index in [1.165, 1.54) is 17.2 Å². The van der Waals surface area contributed by atoms with Gasteiger partial charge in [0.15, 0.2) is 0 Å². The number of carboxylic acids is 1. The van der Waals surface area contributed by atoms with E-state index < -0.39 is 5.97 Å². The van der Waals surface area contributed by atoms with Crippen molar-refractivity contribution in [1.82, 2.24) is 14.9 Å². The Morgan fingerprint density at radius 3 is 2.79 bits per heavy atom. The minimum atomic E-state index is -0.668. The van der Waals surface area contributed by atoms with Crippen LogP contribution in [0.4, 0.5) is 10.1 Å². The Balaban J connectivity index is 1.37. The summed E-state index contributed by atoms with van der Waals surface area (Å²) in [6.07, 6.45) is 7.40. The van der Waals surface area contributed by atoms with E-state index in [0.29, 0.717) is 6.04 Å². The zero-order valence-electron chi connectivity index (χ0n) is 18.6. The number of aliphatic carboxylic acids is 1. The van der Waals surface area contributed by atoms with Crippen LogP contribution in [0.15, 0.2) is 36.5 Å². The van der Waals surface area contributed by atoms with Gasteiger partial charge in [-0.1, -0.05) is 6.08 Å². The fraction of sp³-hybridized carbons (Fsp3) is 0.385. The molecule has 3 aliphatic rings. The molecule has 1 fully saturated rings. The standard InChI is InChI=1S/C26H27FN4O2/c1-30-9-7-20-23-19(21-14-17(27)2-3-22(21)30)4-8-28-25(23)29-24(20)15-5-10-31(11-6-15)18-12-16(13-18)26(32)33/h2-5,8,14,16,18H,6-7,9-13H2,1H3,(H,28,29)(H,32,33). The van der Waals surface area contributed by atoms with Crippen LogP contribution in [0, 0.1) is 11.7 Å². The number of anilines is 1. The van der Waals surface area contributed by atoms with Crippen molar-refractivity contribution in [2.45, 2.75) is 31.7 Å². The summed E-state index contributed by atoms with van der Waals surface area (Å²) in [5, 5.41) is 10.3. The average Bonchev–Trinajstić information content (AvgIpc) is 3.14. The molecule has 0 bridgehead atoms. The zero-order valence-corrected chi connectivity index (χ0v) is 18.6. The summed E-state index contributed by atoms with van der Waals surface area (Å²) in [6.45, 7) is 2.62. The number of halogens is 1. The summed E-state index contributed by atoms with van der Waals surface area (Å²) in [4.78, 5) is 24.0. The van der Waals surface area contributed by atoms with E-state index in [4.69, 9.17) is 5.11 Å². The van der Waals surface area contributed by atoms with E-state index in [1.807, 2.05) is 12.1 Å². The summed E-state index contributed by atoms with van der Waals surface area (Å²) in [5.74, 6) is -1.08. The van der Waals surface area contributed by atoms with Crippen molar-refractivity contribution in [3.63, 3.8) is 0 Å². The maximum atomic E-state index is 14.2. The predicted molar refractivity (Wildman–Crippen MR) is 127 cm³/mol. The van der Waals surface area contributed by atoms with Gasteiger partial charge in [0.1, 0.15) is 11.5 Å². The average molecular weight is 447 g/mol. The molecule has 6 rings (SSSR count). The molecule has 0 radical (unpaired) electrons. The number of pyridine rings is 1. The lowest BCUT2D eigenvalue weighted by Gasteiger charge is -2.42. The second kappa shape index (κ2) is 7.70. The smallest absolute Gasteiger partial charge is 0.306 e. The number of aromatic nitrogens is 2. The highest BCUT2D eigenvalue weighted by Gasteiger charge is 2.38. The van der Waals surface area contributed by atoms with Crippen molar-refractivity contribution < 1.29 is 14.3 Å². The molecule has 1 aromatic carbocycles. The van der Waals surface area contributed by atoms with Gasteiger partial charge >= 0.3 is 5.97 Å². The van der Waals surface area contributed by atoms with Crippen LogP contribution < -0.4 is 4.90 Å². The predicted octanol–water partition coefficient (Wildman–Crippen LogP) is 4.31. The first-order valence-corrected chi connectivity index (χ1v) is 11.7. The number of fused-ring (bicyclic) bond motifs is 2. The molecule has 2 aromatic heterocycles. The highest BCUT2D eigenvalue weighted by Crippen LogP contribution is 2.42. The van der Waals surface area contributed by atoms with Crippen molar-refractivity contribution in [2.24, 2.45) is 5.92 Å². The Morgan fingerprint density at radius 2 is 2.03 bits per heavy atom. The lowest BCUT2D eigenvalue weighted by Crippen LogP contribution is -2.48. The Hall–Kier alpha value is -3.19. The molecule has 0 unspecified atom stereocenters. The highest BCUT2D eigenvalue weighted by molar-refractivity contribution is 6.01. The Labute approximate surface area is 191 Å². The quantitative estimate of drug-likeness (QED) is 0.627. The van der Waals surface area contributed by atoms with E-state index in [2.05, 4.69) is 32.9 Å². The molecule has 7 heteroatoms. The maximum absolute atomic E-state index is 14.2. The Bertz CT molecular complexity index is 1290. The van der Waals surface area contributed by atoms with Crippen molar-refractivity contribution in [1.29, 1.82) is 0 Å². The Kier molecular flexibility index (Phi) is 4.76. The topological polar surface area (TPSA) is 72.5 Å². The number of carbonyl (C=O) groups is 1. The molecule has 1 saturated carbocycles. The zero-order chi connectivity index (χ0) is 22.7. The van der Waals surface area contributed by atoms with Gasteiger partial charge in [0, 0.05) is 61.3 Å². The van der Waals surface area contributed by atoms with Gasteiger partial charge in [-0.25, -0.2) is 9.37 Å². The van der Waals surface area contributed by atoms with Gasteiger partial charge < -0.3 is 15.0 Å². The first-order valence-electron chi connectivity index (χ1n) is 11.7. The lowest BCUT2D eigenvalue weighted by molar-refractivity contribution is -0.147. The molecule has 2 N–H and O–H groups in total. The van der Waals surface area contributed by atoms with E-state index in [0.717, 1.165) is 78.9 Å². The third-order valence-corrected chi connectivity index (χ3v) is 7.70. The van der Waals surface area contributed by atoms with Crippen LogP contribution in [0.1, 0.15) is 30.5 Å². The minimum Gasteiger partial charge on any atom is -0.481 e. The molecule has 2 aliphatic heterocycles. The number of hydrogen-bond donors (Lipinski definition) is 2. The summed E-state index contributed by atoms with van der Waals surface area (Å²) < 4.78 is 14.2. The normalized spacial score (nSPS) is 22.8. The van der Waals surface area contributed by atoms with Crippen LogP contribution in [-0.2, 0) is 11.2 Å². The van der Waals surface area contributed by atoms with Crippen molar-refractivity contribution in [3.05, 3.63) is 53.6 Å². The molecule has 170 valence electrons. The number of likely N-dealkylation sites (N-methyl/N-ethyl adjacent to an activating group) is 1. The molecule has 0 saturated heterocycles. The molecule has 0 atom stereocenters. The third kappa shape index (κ3) is 3.33. The maximum Gasteiger partial charge on any atom is 0.306 e. The van der Waals surface area contributed by atoms with Gasteiger partial charge in [-0.05, 0) is 66.6 Å². The number of carboxylic acid groups (broad SMARTS) is 1. The van der Waals surface area contributed by atoms with E-state index in [9.17, 15) is 9.18 Å². The molecule has 0 spiro atoms. The van der Waals surface area contributed by atoms with Gasteiger partial charge in [0.2, 0.25) is 0 Å². The second-order valence-electron chi connectivity index (χ2n) is 9.53. The number of nitrogens with one attached hydrogen (secondary N) is 1. The van der Waals surface area contributed by atoms with Gasteiger partial charge in [0.25, 0.3) is 0 Å². The number of H-pyrrole nitrogens is 1. The number of aromatic amines is 1. The fourth-order valence-corrected chi connectivity index (χ4v) is 5.72. The van der Waals surface area contributed by atoms with Crippen molar-refractivity contribution in [2.75, 3.05) is 31.6 Å². The number of hydrogen-bond acceptors (Lipinski definition) is 4. The number of rotatable bonds is 3. The molecular formula is C26H27FN4O2. The lowest BCUT2D eigenvalue weighted by atomic mass is 9.79. The van der Waals surface area contributed by atoms with Crippen LogP contribution in [0.25, 0.3) is 27.7 Å². The first-order chi connectivity index (χ1) is 16.0.